The SMILES string of the molecule is COc1cc(C2COc3ccccc3C2O)ccc1O. The van der Waals surface area contributed by atoms with Gasteiger partial charge in [-0.15, -0.1) is 0 Å². The Labute approximate surface area is 117 Å². The zero-order valence-corrected chi connectivity index (χ0v) is 11.1. The first-order chi connectivity index (χ1) is 9.70. The van der Waals surface area contributed by atoms with Crippen molar-refractivity contribution >= 4 is 0 Å². The minimum Gasteiger partial charge on any atom is -0.504 e. The van der Waals surface area contributed by atoms with Gasteiger partial charge in [0.1, 0.15) is 5.75 Å². The molecule has 0 fully saturated rings. The third-order valence-corrected chi connectivity index (χ3v) is 3.67. The maximum atomic E-state index is 10.5. The van der Waals surface area contributed by atoms with Gasteiger partial charge in [0.25, 0.3) is 0 Å². The fraction of sp³-hybridized carbons (Fsp3) is 0.250. The van der Waals surface area contributed by atoms with Crippen molar-refractivity contribution in [2.75, 3.05) is 13.7 Å². The van der Waals surface area contributed by atoms with Crippen molar-refractivity contribution in [3.63, 3.8) is 0 Å². The van der Waals surface area contributed by atoms with Crippen LogP contribution in [0.5, 0.6) is 17.2 Å². The van der Waals surface area contributed by atoms with Crippen LogP contribution in [0.15, 0.2) is 42.5 Å². The largest absolute Gasteiger partial charge is 0.504 e. The van der Waals surface area contributed by atoms with E-state index in [2.05, 4.69) is 0 Å². The molecule has 0 spiro atoms. The second kappa shape index (κ2) is 5.06. The van der Waals surface area contributed by atoms with Crippen molar-refractivity contribution in [1.82, 2.24) is 0 Å². The zero-order chi connectivity index (χ0) is 14.1. The molecule has 2 aromatic carbocycles. The Balaban J connectivity index is 1.96. The van der Waals surface area contributed by atoms with Crippen molar-refractivity contribution < 1.29 is 19.7 Å². The van der Waals surface area contributed by atoms with Gasteiger partial charge >= 0.3 is 0 Å². The van der Waals surface area contributed by atoms with Crippen LogP contribution < -0.4 is 9.47 Å². The first-order valence-corrected chi connectivity index (χ1v) is 6.47. The number of phenolic OH excluding ortho intramolecular Hbond substituents is 1. The van der Waals surface area contributed by atoms with Crippen molar-refractivity contribution in [2.24, 2.45) is 0 Å². The molecule has 0 radical (unpaired) electrons. The number of aromatic hydroxyl groups is 1. The third-order valence-electron chi connectivity index (χ3n) is 3.67. The fourth-order valence-electron chi connectivity index (χ4n) is 2.55. The number of hydrogen-bond acceptors (Lipinski definition) is 4. The van der Waals surface area contributed by atoms with Gasteiger partial charge in [-0.1, -0.05) is 24.3 Å². The fourth-order valence-corrected chi connectivity index (χ4v) is 2.55. The van der Waals surface area contributed by atoms with Crippen molar-refractivity contribution in [3.8, 4) is 17.2 Å². The maximum Gasteiger partial charge on any atom is 0.160 e. The number of aliphatic hydroxyl groups excluding tert-OH is 1. The normalized spacial score (nSPS) is 20.9. The van der Waals surface area contributed by atoms with Crippen molar-refractivity contribution in [2.45, 2.75) is 12.0 Å². The summed E-state index contributed by atoms with van der Waals surface area (Å²) >= 11 is 0. The van der Waals surface area contributed by atoms with E-state index in [0.717, 1.165) is 16.9 Å². The van der Waals surface area contributed by atoms with Crippen LogP contribution in [0.25, 0.3) is 0 Å². The zero-order valence-electron chi connectivity index (χ0n) is 11.1. The van der Waals surface area contributed by atoms with Crippen LogP contribution in [0, 0.1) is 0 Å². The summed E-state index contributed by atoms with van der Waals surface area (Å²) in [7, 11) is 1.50. The standard InChI is InChI=1S/C16H16O4/c1-19-15-8-10(6-7-13(15)17)12-9-20-14-5-3-2-4-11(14)16(12)18/h2-8,12,16-18H,9H2,1H3. The van der Waals surface area contributed by atoms with E-state index in [9.17, 15) is 10.2 Å². The van der Waals surface area contributed by atoms with Crippen LogP contribution in [-0.2, 0) is 0 Å². The molecule has 0 aliphatic carbocycles. The van der Waals surface area contributed by atoms with Crippen molar-refractivity contribution in [1.29, 1.82) is 0 Å². The molecule has 2 unspecified atom stereocenters. The Kier molecular flexibility index (Phi) is 3.24. The van der Waals surface area contributed by atoms with Crippen LogP contribution in [-0.4, -0.2) is 23.9 Å². The minimum atomic E-state index is -0.630. The van der Waals surface area contributed by atoms with E-state index in [1.54, 1.807) is 18.2 Å². The van der Waals surface area contributed by atoms with E-state index >= 15 is 0 Å². The summed E-state index contributed by atoms with van der Waals surface area (Å²) in [4.78, 5) is 0. The lowest BCUT2D eigenvalue weighted by Gasteiger charge is -2.30. The average molecular weight is 272 g/mol. The first kappa shape index (κ1) is 12.8. The Morgan fingerprint density at radius 2 is 2.00 bits per heavy atom. The van der Waals surface area contributed by atoms with Gasteiger partial charge in [0.2, 0.25) is 0 Å². The number of phenols is 1. The van der Waals surface area contributed by atoms with Crippen molar-refractivity contribution in [3.05, 3.63) is 53.6 Å². The second-order valence-electron chi connectivity index (χ2n) is 4.83. The third kappa shape index (κ3) is 2.08. The summed E-state index contributed by atoms with van der Waals surface area (Å²) in [5, 5.41) is 20.2. The lowest BCUT2D eigenvalue weighted by atomic mass is 9.87. The monoisotopic (exact) mass is 272 g/mol. The van der Waals surface area contributed by atoms with Gasteiger partial charge < -0.3 is 19.7 Å². The van der Waals surface area contributed by atoms with Crippen LogP contribution in [0.2, 0.25) is 0 Å². The Morgan fingerprint density at radius 3 is 2.80 bits per heavy atom. The Morgan fingerprint density at radius 1 is 1.20 bits per heavy atom. The predicted molar refractivity (Wildman–Crippen MR) is 74.3 cm³/mol. The molecule has 0 amide bonds. The molecular formula is C16H16O4. The molecule has 4 heteroatoms. The molecule has 1 aliphatic rings. The number of fused-ring (bicyclic) bond motifs is 1. The molecule has 0 aromatic heterocycles. The molecule has 3 rings (SSSR count). The van der Waals surface area contributed by atoms with E-state index in [1.807, 2.05) is 24.3 Å². The highest BCUT2D eigenvalue weighted by Crippen LogP contribution is 2.41. The molecule has 1 aliphatic heterocycles. The highest BCUT2D eigenvalue weighted by molar-refractivity contribution is 5.45. The molecule has 0 saturated carbocycles. The lowest BCUT2D eigenvalue weighted by molar-refractivity contribution is 0.0888. The van der Waals surface area contributed by atoms with E-state index in [0.29, 0.717) is 12.4 Å². The molecule has 2 aromatic rings. The van der Waals surface area contributed by atoms with Gasteiger partial charge in [-0.05, 0) is 23.8 Å². The highest BCUT2D eigenvalue weighted by atomic mass is 16.5. The molecule has 2 N–H and O–H groups in total. The molecule has 0 saturated heterocycles. The summed E-state index contributed by atoms with van der Waals surface area (Å²) in [5.41, 5.74) is 1.66. The minimum absolute atomic E-state index is 0.0860. The first-order valence-electron chi connectivity index (χ1n) is 6.47. The van der Waals surface area contributed by atoms with Gasteiger partial charge in [0, 0.05) is 11.5 Å². The van der Waals surface area contributed by atoms with E-state index in [4.69, 9.17) is 9.47 Å². The summed E-state index contributed by atoms with van der Waals surface area (Å²) in [6.07, 6.45) is -0.630. The number of para-hydroxylation sites is 1. The van der Waals surface area contributed by atoms with Gasteiger partial charge in [0.15, 0.2) is 11.5 Å². The molecule has 4 nitrogen and oxygen atoms in total. The van der Waals surface area contributed by atoms with Gasteiger partial charge in [-0.3, -0.25) is 0 Å². The van der Waals surface area contributed by atoms with E-state index in [-0.39, 0.29) is 11.7 Å². The molecule has 20 heavy (non-hydrogen) atoms. The quantitative estimate of drug-likeness (QED) is 0.882. The van der Waals surface area contributed by atoms with Crippen LogP contribution >= 0.6 is 0 Å². The Hall–Kier alpha value is -2.20. The smallest absolute Gasteiger partial charge is 0.160 e. The molecule has 0 bridgehead atoms. The van der Waals surface area contributed by atoms with Gasteiger partial charge in [-0.2, -0.15) is 0 Å². The second-order valence-corrected chi connectivity index (χ2v) is 4.83. The van der Waals surface area contributed by atoms with Gasteiger partial charge in [-0.25, -0.2) is 0 Å². The summed E-state index contributed by atoms with van der Waals surface area (Å²) in [5.74, 6) is 1.03. The number of rotatable bonds is 2. The van der Waals surface area contributed by atoms with Crippen LogP contribution in [0.4, 0.5) is 0 Å². The number of ether oxygens (including phenoxy) is 2. The molecule has 1 heterocycles. The maximum absolute atomic E-state index is 10.5. The van der Waals surface area contributed by atoms with Crippen LogP contribution in [0.3, 0.4) is 0 Å². The van der Waals surface area contributed by atoms with E-state index < -0.39 is 6.10 Å². The molecule has 2 atom stereocenters. The summed E-state index contributed by atoms with van der Waals surface area (Å²) < 4.78 is 10.8. The summed E-state index contributed by atoms with van der Waals surface area (Å²) in [6, 6.07) is 12.6. The number of aliphatic hydroxyl groups is 1. The molecular weight excluding hydrogens is 256 g/mol. The van der Waals surface area contributed by atoms with E-state index in [1.165, 1.54) is 7.11 Å². The molecule has 104 valence electrons. The highest BCUT2D eigenvalue weighted by Gasteiger charge is 2.30. The predicted octanol–water partition coefficient (Wildman–Crippen LogP) is 2.61. The number of methoxy groups -OCH3 is 1. The average Bonchev–Trinajstić information content (AvgIpc) is 2.49. The summed E-state index contributed by atoms with van der Waals surface area (Å²) in [6.45, 7) is 0.395. The number of benzene rings is 2. The number of hydrogen-bond donors (Lipinski definition) is 2. The Bertz CT molecular complexity index is 624. The topological polar surface area (TPSA) is 58.9 Å². The lowest BCUT2D eigenvalue weighted by Crippen LogP contribution is -2.24. The van der Waals surface area contributed by atoms with Gasteiger partial charge in [0.05, 0.1) is 19.8 Å². The van der Waals surface area contributed by atoms with Crippen LogP contribution in [0.1, 0.15) is 23.1 Å².